The summed E-state index contributed by atoms with van der Waals surface area (Å²) in [5.74, 6) is 0.299. The zero-order valence-electron chi connectivity index (χ0n) is 16.6. The molecule has 0 bridgehead atoms. The van der Waals surface area contributed by atoms with E-state index in [0.717, 1.165) is 46.7 Å². The van der Waals surface area contributed by atoms with Crippen molar-refractivity contribution in [3.05, 3.63) is 58.0 Å². The minimum Gasteiger partial charge on any atom is -0.507 e. The van der Waals surface area contributed by atoms with Crippen LogP contribution >= 0.6 is 0 Å². The maximum atomic E-state index is 13.4. The van der Waals surface area contributed by atoms with Gasteiger partial charge in [0.25, 0.3) is 0 Å². The second-order valence-electron chi connectivity index (χ2n) is 7.83. The van der Waals surface area contributed by atoms with Crippen LogP contribution in [-0.4, -0.2) is 31.1 Å². The van der Waals surface area contributed by atoms with Gasteiger partial charge in [-0.25, -0.2) is 9.50 Å². The third-order valence-electron chi connectivity index (χ3n) is 5.51. The molecule has 0 radical (unpaired) electrons. The first-order chi connectivity index (χ1) is 13.6. The van der Waals surface area contributed by atoms with E-state index in [2.05, 4.69) is 15.0 Å². The molecule has 29 heavy (non-hydrogen) atoms. The Morgan fingerprint density at radius 3 is 2.45 bits per heavy atom. The maximum absolute atomic E-state index is 13.4. The van der Waals surface area contributed by atoms with Gasteiger partial charge in [-0.15, -0.1) is 0 Å². The minimum absolute atomic E-state index is 0.0625. The SMILES string of the molecule is Cc1cc(C(F)(F)F)n2nc(C3CCCN3Cc3cc(C)c(O)c(C)c3)cc2n1. The van der Waals surface area contributed by atoms with E-state index in [1.807, 2.05) is 26.0 Å². The van der Waals surface area contributed by atoms with Gasteiger partial charge >= 0.3 is 6.18 Å². The summed E-state index contributed by atoms with van der Waals surface area (Å²) < 4.78 is 41.2. The van der Waals surface area contributed by atoms with Gasteiger partial charge in [-0.1, -0.05) is 12.1 Å². The van der Waals surface area contributed by atoms with Crippen LogP contribution in [0.25, 0.3) is 5.65 Å². The Bertz CT molecular complexity index is 1050. The van der Waals surface area contributed by atoms with Gasteiger partial charge in [0.1, 0.15) is 11.4 Å². The number of halogens is 3. The van der Waals surface area contributed by atoms with Gasteiger partial charge in [0, 0.05) is 18.3 Å². The second-order valence-corrected chi connectivity index (χ2v) is 7.83. The lowest BCUT2D eigenvalue weighted by atomic mass is 10.0. The summed E-state index contributed by atoms with van der Waals surface area (Å²) in [6, 6.07) is 6.53. The predicted molar refractivity (Wildman–Crippen MR) is 103 cm³/mol. The first-order valence-electron chi connectivity index (χ1n) is 9.61. The third kappa shape index (κ3) is 3.69. The highest BCUT2D eigenvalue weighted by atomic mass is 19.4. The van der Waals surface area contributed by atoms with E-state index in [0.29, 0.717) is 23.7 Å². The number of aromatic hydroxyl groups is 1. The van der Waals surface area contributed by atoms with Crippen LogP contribution in [0, 0.1) is 20.8 Å². The molecule has 0 amide bonds. The van der Waals surface area contributed by atoms with Crippen LogP contribution in [0.1, 0.15) is 52.7 Å². The molecular formula is C21H23F3N4O. The molecule has 0 spiro atoms. The number of phenolic OH excluding ortho intramolecular Hbond substituents is 1. The average Bonchev–Trinajstić information content (AvgIpc) is 3.24. The number of benzene rings is 1. The fourth-order valence-corrected chi connectivity index (χ4v) is 4.20. The highest BCUT2D eigenvalue weighted by Crippen LogP contribution is 2.35. The van der Waals surface area contributed by atoms with E-state index in [4.69, 9.17) is 0 Å². The smallest absolute Gasteiger partial charge is 0.433 e. The Hall–Kier alpha value is -2.61. The molecule has 3 aromatic rings. The summed E-state index contributed by atoms with van der Waals surface area (Å²) in [5.41, 5.74) is 3.04. The summed E-state index contributed by atoms with van der Waals surface area (Å²) in [6.07, 6.45) is -2.71. The van der Waals surface area contributed by atoms with Crippen molar-refractivity contribution in [2.45, 2.75) is 52.4 Å². The van der Waals surface area contributed by atoms with Gasteiger partial charge < -0.3 is 5.11 Å². The number of aromatic nitrogens is 3. The van der Waals surface area contributed by atoms with Crippen molar-refractivity contribution in [2.24, 2.45) is 0 Å². The van der Waals surface area contributed by atoms with Crippen LogP contribution in [0.2, 0.25) is 0 Å². The quantitative estimate of drug-likeness (QED) is 0.687. The van der Waals surface area contributed by atoms with Crippen LogP contribution in [0.3, 0.4) is 0 Å². The van der Waals surface area contributed by atoms with E-state index in [9.17, 15) is 18.3 Å². The summed E-state index contributed by atoms with van der Waals surface area (Å²) in [7, 11) is 0. The normalized spacial score (nSPS) is 18.1. The van der Waals surface area contributed by atoms with E-state index >= 15 is 0 Å². The Kier molecular flexibility index (Phi) is 4.77. The Morgan fingerprint density at radius 2 is 1.79 bits per heavy atom. The molecule has 8 heteroatoms. The molecule has 1 fully saturated rings. The Labute approximate surface area is 166 Å². The van der Waals surface area contributed by atoms with E-state index < -0.39 is 11.9 Å². The van der Waals surface area contributed by atoms with Crippen LogP contribution < -0.4 is 0 Å². The maximum Gasteiger partial charge on any atom is 0.433 e. The minimum atomic E-state index is -4.49. The molecule has 1 aliphatic rings. The monoisotopic (exact) mass is 404 g/mol. The molecule has 1 saturated heterocycles. The summed E-state index contributed by atoms with van der Waals surface area (Å²) in [6.45, 7) is 6.78. The van der Waals surface area contributed by atoms with Gasteiger partial charge in [0.2, 0.25) is 0 Å². The molecule has 1 atom stereocenters. The van der Waals surface area contributed by atoms with Crippen molar-refractivity contribution in [1.82, 2.24) is 19.5 Å². The van der Waals surface area contributed by atoms with Crippen molar-refractivity contribution >= 4 is 5.65 Å². The number of alkyl halides is 3. The third-order valence-corrected chi connectivity index (χ3v) is 5.51. The Morgan fingerprint density at radius 1 is 1.10 bits per heavy atom. The predicted octanol–water partition coefficient (Wildman–Crippen LogP) is 4.72. The van der Waals surface area contributed by atoms with E-state index in [-0.39, 0.29) is 11.7 Å². The van der Waals surface area contributed by atoms with Crippen LogP contribution in [0.4, 0.5) is 13.2 Å². The highest BCUT2D eigenvalue weighted by molar-refractivity contribution is 5.44. The van der Waals surface area contributed by atoms with Gasteiger partial charge in [-0.05, 0) is 62.9 Å². The lowest BCUT2D eigenvalue weighted by Gasteiger charge is -2.23. The fourth-order valence-electron chi connectivity index (χ4n) is 4.20. The molecule has 1 aliphatic heterocycles. The molecule has 4 rings (SSSR count). The van der Waals surface area contributed by atoms with Crippen LogP contribution in [0.5, 0.6) is 5.75 Å². The second kappa shape index (κ2) is 7.02. The number of hydrogen-bond donors (Lipinski definition) is 1. The van der Waals surface area contributed by atoms with Crippen molar-refractivity contribution in [3.63, 3.8) is 0 Å². The number of phenols is 1. The average molecular weight is 404 g/mol. The standard InChI is InChI=1S/C21H23F3N4O/c1-12-7-15(8-13(2)20(12)29)11-27-6-4-5-17(27)16-10-19-25-14(3)9-18(21(22,23)24)28(19)26-16/h7-10,17,29H,4-6,11H2,1-3H3. The highest BCUT2D eigenvalue weighted by Gasteiger charge is 2.36. The number of likely N-dealkylation sites (tertiary alicyclic amines) is 1. The molecule has 5 nitrogen and oxygen atoms in total. The van der Waals surface area contributed by atoms with Gasteiger partial charge in [0.15, 0.2) is 5.65 Å². The van der Waals surface area contributed by atoms with E-state index in [1.54, 1.807) is 13.0 Å². The Balaban J connectivity index is 1.68. The number of rotatable bonds is 3. The topological polar surface area (TPSA) is 53.7 Å². The van der Waals surface area contributed by atoms with Crippen LogP contribution in [0.15, 0.2) is 24.3 Å². The van der Waals surface area contributed by atoms with Crippen LogP contribution in [-0.2, 0) is 12.7 Å². The van der Waals surface area contributed by atoms with Crippen molar-refractivity contribution in [2.75, 3.05) is 6.54 Å². The molecule has 154 valence electrons. The van der Waals surface area contributed by atoms with Gasteiger partial charge in [-0.3, -0.25) is 4.90 Å². The van der Waals surface area contributed by atoms with Gasteiger partial charge in [-0.2, -0.15) is 18.3 Å². The number of fused-ring (bicyclic) bond motifs is 1. The fraction of sp³-hybridized carbons (Fsp3) is 0.429. The van der Waals surface area contributed by atoms with Gasteiger partial charge in [0.05, 0.1) is 11.7 Å². The first-order valence-corrected chi connectivity index (χ1v) is 9.61. The number of hydrogen-bond acceptors (Lipinski definition) is 4. The van der Waals surface area contributed by atoms with Crippen molar-refractivity contribution in [1.29, 1.82) is 0 Å². The summed E-state index contributed by atoms with van der Waals surface area (Å²) in [4.78, 5) is 6.47. The zero-order chi connectivity index (χ0) is 20.9. The first kappa shape index (κ1) is 19.7. The lowest BCUT2D eigenvalue weighted by Crippen LogP contribution is -2.23. The molecule has 1 aromatic carbocycles. The molecule has 2 aromatic heterocycles. The summed E-state index contributed by atoms with van der Waals surface area (Å²) >= 11 is 0. The molecule has 1 N–H and O–H groups in total. The lowest BCUT2D eigenvalue weighted by molar-refractivity contribution is -0.142. The molecule has 0 aliphatic carbocycles. The zero-order valence-corrected chi connectivity index (χ0v) is 16.6. The van der Waals surface area contributed by atoms with Crippen molar-refractivity contribution in [3.8, 4) is 5.75 Å². The van der Waals surface area contributed by atoms with Crippen molar-refractivity contribution < 1.29 is 18.3 Å². The molecule has 0 saturated carbocycles. The molecule has 3 heterocycles. The largest absolute Gasteiger partial charge is 0.507 e. The van der Waals surface area contributed by atoms with E-state index in [1.165, 1.54) is 0 Å². The number of aryl methyl sites for hydroxylation is 3. The summed E-state index contributed by atoms with van der Waals surface area (Å²) in [5, 5.41) is 14.3. The molecular weight excluding hydrogens is 381 g/mol. The molecule has 1 unspecified atom stereocenters. The number of nitrogens with zero attached hydrogens (tertiary/aromatic N) is 4.